The predicted octanol–water partition coefficient (Wildman–Crippen LogP) is 7.97. The van der Waals surface area contributed by atoms with Crippen molar-refractivity contribution < 1.29 is 5.11 Å². The van der Waals surface area contributed by atoms with E-state index in [1.54, 1.807) is 0 Å². The van der Waals surface area contributed by atoms with Crippen LogP contribution in [0.4, 0.5) is 5.69 Å². The fraction of sp³-hybridized carbons (Fsp3) is 0.750. The molecule has 4 nitrogen and oxygen atoms in total. The number of aromatic nitrogens is 2. The van der Waals surface area contributed by atoms with E-state index in [2.05, 4.69) is 12.0 Å². The zero-order chi connectivity index (χ0) is 23.6. The molecule has 2 aromatic rings. The lowest BCUT2D eigenvalue weighted by Crippen LogP contribution is -2.19. The van der Waals surface area contributed by atoms with Crippen molar-refractivity contribution in [3.8, 4) is 0 Å². The van der Waals surface area contributed by atoms with Gasteiger partial charge in [0.05, 0.1) is 24.4 Å². The number of benzene rings is 1. The summed E-state index contributed by atoms with van der Waals surface area (Å²) in [6.07, 6.45) is 24.0. The Bertz CT molecular complexity index is 733. The number of aliphatic hydroxyl groups excluding tert-OH is 1. The Hall–Kier alpha value is -1.20. The highest BCUT2D eigenvalue weighted by atomic mass is 32.2. The number of unbranched alkanes of at least 4 members (excludes halogenated alkanes) is 15. The van der Waals surface area contributed by atoms with Crippen molar-refractivity contribution in [3.05, 3.63) is 24.4 Å². The molecule has 0 spiro atoms. The highest BCUT2D eigenvalue weighted by Gasteiger charge is 2.09. The number of anilines is 1. The third-order valence-electron chi connectivity index (χ3n) is 6.50. The van der Waals surface area contributed by atoms with Gasteiger partial charge in [0, 0.05) is 16.8 Å². The Morgan fingerprint density at radius 3 is 1.97 bits per heavy atom. The maximum atomic E-state index is 10.4. The van der Waals surface area contributed by atoms with Crippen molar-refractivity contribution in [1.29, 1.82) is 0 Å². The lowest BCUT2D eigenvalue weighted by atomic mass is 10.0. The van der Waals surface area contributed by atoms with E-state index in [0.29, 0.717) is 6.54 Å². The van der Waals surface area contributed by atoms with E-state index in [-0.39, 0.29) is 6.10 Å². The first-order valence-electron chi connectivity index (χ1n) is 13.7. The van der Waals surface area contributed by atoms with Crippen molar-refractivity contribution >= 4 is 28.4 Å². The lowest BCUT2D eigenvalue weighted by Gasteiger charge is -2.11. The molecule has 1 atom stereocenters. The first-order chi connectivity index (χ1) is 16.2. The Morgan fingerprint density at radius 1 is 0.848 bits per heavy atom. The molecule has 1 heterocycles. The van der Waals surface area contributed by atoms with Crippen LogP contribution in [0.2, 0.25) is 0 Å². The number of rotatable bonds is 21. The molecule has 1 unspecified atom stereocenters. The van der Waals surface area contributed by atoms with Gasteiger partial charge in [0.15, 0.2) is 0 Å². The second-order valence-corrected chi connectivity index (χ2v) is 10.8. The van der Waals surface area contributed by atoms with Gasteiger partial charge in [0.1, 0.15) is 0 Å². The second-order valence-electron chi connectivity index (χ2n) is 9.68. The third kappa shape index (κ3) is 12.7. The van der Waals surface area contributed by atoms with Crippen molar-refractivity contribution in [2.24, 2.45) is 0 Å². The molecule has 0 amide bonds. The molecule has 3 N–H and O–H groups in total. The number of nitrogens with zero attached hydrogens (tertiary/aromatic N) is 2. The fourth-order valence-corrected chi connectivity index (χ4v) is 5.43. The van der Waals surface area contributed by atoms with Crippen molar-refractivity contribution in [2.45, 2.75) is 122 Å². The van der Waals surface area contributed by atoms with E-state index in [0.717, 1.165) is 28.1 Å². The van der Waals surface area contributed by atoms with Crippen LogP contribution in [0.15, 0.2) is 24.4 Å². The highest BCUT2D eigenvalue weighted by Crippen LogP contribution is 2.18. The van der Waals surface area contributed by atoms with Gasteiger partial charge >= 0.3 is 0 Å². The van der Waals surface area contributed by atoms with Crippen molar-refractivity contribution in [1.82, 2.24) is 9.78 Å². The largest absolute Gasteiger partial charge is 0.399 e. The molecule has 1 aromatic heterocycles. The molecular weight excluding hydrogens is 426 g/mol. The number of hydrogen-bond donors (Lipinski definition) is 2. The molecule has 0 saturated heterocycles. The molecule has 2 rings (SSSR count). The molecule has 188 valence electrons. The van der Waals surface area contributed by atoms with Crippen LogP contribution >= 0.6 is 11.8 Å². The summed E-state index contributed by atoms with van der Waals surface area (Å²) in [4.78, 5) is 0. The number of nitrogens with two attached hydrogens (primary N) is 1. The fourth-order valence-electron chi connectivity index (χ4n) is 4.47. The monoisotopic (exact) mass is 475 g/mol. The number of thioether (sulfide) groups is 1. The van der Waals surface area contributed by atoms with Gasteiger partial charge in [-0.2, -0.15) is 16.9 Å². The van der Waals surface area contributed by atoms with E-state index < -0.39 is 0 Å². The number of hydrogen-bond acceptors (Lipinski definition) is 4. The average Bonchev–Trinajstić information content (AvgIpc) is 3.19. The molecule has 0 radical (unpaired) electrons. The summed E-state index contributed by atoms with van der Waals surface area (Å²) in [5.74, 6) is 1.92. The molecule has 0 aliphatic rings. The van der Waals surface area contributed by atoms with Gasteiger partial charge in [-0.15, -0.1) is 0 Å². The predicted molar refractivity (Wildman–Crippen MR) is 147 cm³/mol. The second kappa shape index (κ2) is 18.2. The van der Waals surface area contributed by atoms with Gasteiger partial charge in [-0.1, -0.05) is 103 Å². The maximum absolute atomic E-state index is 10.4. The molecule has 0 bridgehead atoms. The third-order valence-corrected chi connectivity index (χ3v) is 7.70. The van der Waals surface area contributed by atoms with Gasteiger partial charge in [0.2, 0.25) is 0 Å². The minimum Gasteiger partial charge on any atom is -0.399 e. The Balaban J connectivity index is 1.34. The van der Waals surface area contributed by atoms with Crippen LogP contribution < -0.4 is 5.73 Å². The van der Waals surface area contributed by atoms with Crippen LogP contribution in [-0.2, 0) is 6.54 Å². The summed E-state index contributed by atoms with van der Waals surface area (Å²) >= 11 is 1.87. The molecule has 0 aliphatic heterocycles. The van der Waals surface area contributed by atoms with Crippen molar-refractivity contribution in [3.63, 3.8) is 0 Å². The molecule has 1 aromatic carbocycles. The SMILES string of the molecule is CCCCCCCCCCCCCCCCCCSCC(O)Cn1ncc2cc(N)ccc21. The smallest absolute Gasteiger partial charge is 0.0826 e. The van der Waals surface area contributed by atoms with Gasteiger partial charge in [-0.25, -0.2) is 0 Å². The van der Waals surface area contributed by atoms with Crippen LogP contribution in [0, 0.1) is 0 Å². The summed E-state index contributed by atoms with van der Waals surface area (Å²) in [5.41, 5.74) is 7.61. The van der Waals surface area contributed by atoms with Crippen LogP contribution in [0.5, 0.6) is 0 Å². The summed E-state index contributed by atoms with van der Waals surface area (Å²) in [5, 5.41) is 15.8. The Kier molecular flexibility index (Phi) is 15.4. The first kappa shape index (κ1) is 28.0. The van der Waals surface area contributed by atoms with E-state index in [1.807, 2.05) is 40.8 Å². The topological polar surface area (TPSA) is 64.1 Å². The van der Waals surface area contributed by atoms with E-state index in [1.165, 1.54) is 103 Å². The van der Waals surface area contributed by atoms with Crippen LogP contribution in [-0.4, -0.2) is 32.5 Å². The molecule has 5 heteroatoms. The summed E-state index contributed by atoms with van der Waals surface area (Å²) in [7, 11) is 0. The molecule has 0 aliphatic carbocycles. The minimum absolute atomic E-state index is 0.364. The normalized spacial score (nSPS) is 12.5. The van der Waals surface area contributed by atoms with Crippen LogP contribution in [0.3, 0.4) is 0 Å². The molecular formula is C28H49N3OS. The van der Waals surface area contributed by atoms with Crippen LogP contribution in [0.25, 0.3) is 10.9 Å². The number of aliphatic hydroxyl groups is 1. The van der Waals surface area contributed by atoms with Crippen LogP contribution in [0.1, 0.15) is 110 Å². The van der Waals surface area contributed by atoms with E-state index in [4.69, 9.17) is 5.73 Å². The van der Waals surface area contributed by atoms with Gasteiger partial charge in [-0.05, 0) is 30.4 Å². The first-order valence-corrected chi connectivity index (χ1v) is 14.8. The molecule has 0 saturated carbocycles. The Labute approximate surface area is 207 Å². The quantitative estimate of drug-likeness (QED) is 0.142. The zero-order valence-electron chi connectivity index (χ0n) is 21.1. The summed E-state index contributed by atoms with van der Waals surface area (Å²) in [6.45, 7) is 2.83. The molecule has 33 heavy (non-hydrogen) atoms. The standard InChI is InChI=1S/C28H49N3OS/c1-2-3-4-5-6-7-8-9-10-11-12-13-14-15-16-17-20-33-24-27(32)23-31-28-19-18-26(29)21-25(28)22-30-31/h18-19,21-22,27,32H,2-17,20,23-24,29H2,1H3. The number of fused-ring (bicyclic) bond motifs is 1. The molecule has 0 fully saturated rings. The van der Waals surface area contributed by atoms with Gasteiger partial charge < -0.3 is 10.8 Å². The van der Waals surface area contributed by atoms with Gasteiger partial charge in [0.25, 0.3) is 0 Å². The van der Waals surface area contributed by atoms with Gasteiger partial charge in [-0.3, -0.25) is 4.68 Å². The lowest BCUT2D eigenvalue weighted by molar-refractivity contribution is 0.175. The average molecular weight is 476 g/mol. The zero-order valence-corrected chi connectivity index (χ0v) is 22.0. The highest BCUT2D eigenvalue weighted by molar-refractivity contribution is 7.99. The number of nitrogen functional groups attached to an aromatic ring is 1. The maximum Gasteiger partial charge on any atom is 0.0826 e. The van der Waals surface area contributed by atoms with E-state index >= 15 is 0 Å². The summed E-state index contributed by atoms with van der Waals surface area (Å²) in [6, 6.07) is 5.80. The Morgan fingerprint density at radius 2 is 1.39 bits per heavy atom. The summed E-state index contributed by atoms with van der Waals surface area (Å²) < 4.78 is 1.88. The van der Waals surface area contributed by atoms with Crippen molar-refractivity contribution in [2.75, 3.05) is 17.2 Å². The van der Waals surface area contributed by atoms with E-state index in [9.17, 15) is 5.11 Å². The minimum atomic E-state index is -0.364.